The van der Waals surface area contributed by atoms with Gasteiger partial charge in [-0.2, -0.15) is 0 Å². The van der Waals surface area contributed by atoms with E-state index >= 15 is 0 Å². The topological polar surface area (TPSA) is 81.0 Å². The molecule has 0 saturated heterocycles. The van der Waals surface area contributed by atoms with Gasteiger partial charge in [0, 0.05) is 12.7 Å². The number of nitrogen functional groups attached to an aromatic ring is 1. The van der Waals surface area contributed by atoms with E-state index in [2.05, 4.69) is 9.97 Å². The van der Waals surface area contributed by atoms with Gasteiger partial charge < -0.3 is 15.5 Å². The van der Waals surface area contributed by atoms with Gasteiger partial charge in [-0.1, -0.05) is 19.3 Å². The van der Waals surface area contributed by atoms with Gasteiger partial charge in [-0.15, -0.1) is 0 Å². The van der Waals surface area contributed by atoms with Crippen LogP contribution in [0.1, 0.15) is 51.0 Å². The lowest BCUT2D eigenvalue weighted by atomic mass is 9.85. The number of H-pyrrole nitrogens is 1. The molecule has 1 aliphatic carbocycles. The summed E-state index contributed by atoms with van der Waals surface area (Å²) in [7, 11) is 0. The summed E-state index contributed by atoms with van der Waals surface area (Å²) >= 11 is 0. The quantitative estimate of drug-likeness (QED) is 0.857. The van der Waals surface area contributed by atoms with Crippen molar-refractivity contribution in [3.05, 3.63) is 22.2 Å². The summed E-state index contributed by atoms with van der Waals surface area (Å²) in [6, 6.07) is 1.30. The number of hydrogen-bond donors (Lipinski definition) is 2. The number of nitrogens with one attached hydrogen (secondary N) is 1. The van der Waals surface area contributed by atoms with E-state index in [1.54, 1.807) is 0 Å². The van der Waals surface area contributed by atoms with Crippen molar-refractivity contribution in [1.29, 1.82) is 0 Å². The molecule has 2 rings (SSSR count). The van der Waals surface area contributed by atoms with E-state index in [0.717, 1.165) is 12.8 Å². The van der Waals surface area contributed by atoms with E-state index in [4.69, 9.17) is 10.5 Å². The average Bonchev–Trinajstić information content (AvgIpc) is 2.36. The van der Waals surface area contributed by atoms with E-state index in [0.29, 0.717) is 18.3 Å². The molecule has 5 heteroatoms. The molecule has 5 nitrogen and oxygen atoms in total. The highest BCUT2D eigenvalue weighted by atomic mass is 16.5. The molecule has 1 atom stereocenters. The van der Waals surface area contributed by atoms with Crippen LogP contribution in [0.25, 0.3) is 0 Å². The molecule has 1 heterocycles. The Hall–Kier alpha value is -1.36. The zero-order valence-electron chi connectivity index (χ0n) is 10.8. The van der Waals surface area contributed by atoms with Gasteiger partial charge >= 0.3 is 0 Å². The summed E-state index contributed by atoms with van der Waals surface area (Å²) in [5, 5.41) is 0. The van der Waals surface area contributed by atoms with Gasteiger partial charge in [-0.05, 0) is 25.7 Å². The van der Waals surface area contributed by atoms with E-state index in [1.165, 1.54) is 25.3 Å². The van der Waals surface area contributed by atoms with Gasteiger partial charge in [0.25, 0.3) is 5.56 Å². The van der Waals surface area contributed by atoms with Crippen molar-refractivity contribution in [3.63, 3.8) is 0 Å². The maximum atomic E-state index is 11.5. The van der Waals surface area contributed by atoms with Gasteiger partial charge in [0.15, 0.2) is 0 Å². The smallest absolute Gasteiger partial charge is 0.253 e. The Balaban J connectivity index is 2.24. The molecule has 1 aromatic heterocycles. The molecule has 0 bridgehead atoms. The van der Waals surface area contributed by atoms with Crippen LogP contribution in [0.5, 0.6) is 0 Å². The number of aromatic nitrogens is 2. The highest BCUT2D eigenvalue weighted by molar-refractivity contribution is 5.25. The van der Waals surface area contributed by atoms with Gasteiger partial charge in [0.1, 0.15) is 17.7 Å². The van der Waals surface area contributed by atoms with Crippen molar-refractivity contribution < 1.29 is 4.74 Å². The average molecular weight is 251 g/mol. The molecule has 1 fully saturated rings. The first kappa shape index (κ1) is 13.1. The number of hydrogen-bond acceptors (Lipinski definition) is 4. The Morgan fingerprint density at radius 1 is 1.50 bits per heavy atom. The molecule has 1 saturated carbocycles. The fraction of sp³-hybridized carbons (Fsp3) is 0.692. The minimum absolute atomic E-state index is 0.133. The largest absolute Gasteiger partial charge is 0.383 e. The molecular weight excluding hydrogens is 230 g/mol. The zero-order chi connectivity index (χ0) is 13.0. The Bertz CT molecular complexity index is 438. The van der Waals surface area contributed by atoms with Crippen LogP contribution >= 0.6 is 0 Å². The van der Waals surface area contributed by atoms with Gasteiger partial charge in [-0.3, -0.25) is 4.79 Å². The Morgan fingerprint density at radius 3 is 2.83 bits per heavy atom. The van der Waals surface area contributed by atoms with E-state index in [-0.39, 0.29) is 17.5 Å². The third-order valence-corrected chi connectivity index (χ3v) is 3.47. The minimum atomic E-state index is -0.210. The van der Waals surface area contributed by atoms with E-state index in [1.807, 2.05) is 6.92 Å². The molecule has 1 unspecified atom stereocenters. The Labute approximate surface area is 107 Å². The van der Waals surface area contributed by atoms with Crippen LogP contribution in [0.4, 0.5) is 5.82 Å². The number of nitrogens with zero attached hydrogens (tertiary/aromatic N) is 1. The summed E-state index contributed by atoms with van der Waals surface area (Å²) in [6.07, 6.45) is 5.86. The van der Waals surface area contributed by atoms with Crippen molar-refractivity contribution in [2.24, 2.45) is 5.92 Å². The second-order valence-corrected chi connectivity index (χ2v) is 4.83. The lowest BCUT2D eigenvalue weighted by molar-refractivity contribution is -0.000236. The molecular formula is C13H21N3O2. The summed E-state index contributed by atoms with van der Waals surface area (Å²) in [6.45, 7) is 2.57. The van der Waals surface area contributed by atoms with E-state index < -0.39 is 0 Å². The van der Waals surface area contributed by atoms with Crippen LogP contribution in [-0.2, 0) is 4.74 Å². The number of aromatic amines is 1. The van der Waals surface area contributed by atoms with Crippen LogP contribution < -0.4 is 11.3 Å². The van der Waals surface area contributed by atoms with Crippen molar-refractivity contribution in [2.45, 2.75) is 45.1 Å². The van der Waals surface area contributed by atoms with Crippen molar-refractivity contribution in [1.82, 2.24) is 9.97 Å². The van der Waals surface area contributed by atoms with Gasteiger partial charge in [0.05, 0.1) is 0 Å². The zero-order valence-corrected chi connectivity index (χ0v) is 10.8. The minimum Gasteiger partial charge on any atom is -0.383 e. The summed E-state index contributed by atoms with van der Waals surface area (Å²) in [5.74, 6) is 1.27. The fourth-order valence-corrected chi connectivity index (χ4v) is 2.69. The summed E-state index contributed by atoms with van der Waals surface area (Å²) < 4.78 is 5.79. The molecule has 100 valence electrons. The van der Waals surface area contributed by atoms with E-state index in [9.17, 15) is 4.79 Å². The van der Waals surface area contributed by atoms with Crippen LogP contribution in [0.3, 0.4) is 0 Å². The Morgan fingerprint density at radius 2 is 2.22 bits per heavy atom. The number of rotatable bonds is 4. The second-order valence-electron chi connectivity index (χ2n) is 4.83. The van der Waals surface area contributed by atoms with Crippen molar-refractivity contribution >= 4 is 5.82 Å². The van der Waals surface area contributed by atoms with Crippen LogP contribution in [-0.4, -0.2) is 16.6 Å². The standard InChI is InChI=1S/C13H21N3O2/c1-2-18-12(9-6-4-3-5-7-9)13-15-10(14)8-11(17)16-13/h8-9,12H,2-7H2,1H3,(H3,14,15,16,17). The molecule has 0 aromatic carbocycles. The van der Waals surface area contributed by atoms with Crippen LogP contribution in [0, 0.1) is 5.92 Å². The van der Waals surface area contributed by atoms with Crippen LogP contribution in [0.15, 0.2) is 10.9 Å². The first-order chi connectivity index (χ1) is 8.70. The fourth-order valence-electron chi connectivity index (χ4n) is 2.69. The maximum absolute atomic E-state index is 11.5. The highest BCUT2D eigenvalue weighted by Crippen LogP contribution is 2.35. The Kier molecular flexibility index (Phi) is 4.36. The molecule has 0 radical (unpaired) electrons. The number of anilines is 1. The highest BCUT2D eigenvalue weighted by Gasteiger charge is 2.27. The van der Waals surface area contributed by atoms with Crippen LogP contribution in [0.2, 0.25) is 0 Å². The normalized spacial score (nSPS) is 18.7. The molecule has 0 spiro atoms. The summed E-state index contributed by atoms with van der Waals surface area (Å²) in [5.41, 5.74) is 5.43. The lowest BCUT2D eigenvalue weighted by Gasteiger charge is -2.29. The predicted molar refractivity (Wildman–Crippen MR) is 70.2 cm³/mol. The first-order valence-corrected chi connectivity index (χ1v) is 6.69. The molecule has 0 aliphatic heterocycles. The molecule has 1 aromatic rings. The van der Waals surface area contributed by atoms with Gasteiger partial charge in [-0.25, -0.2) is 4.98 Å². The third kappa shape index (κ3) is 3.10. The summed E-state index contributed by atoms with van der Waals surface area (Å²) in [4.78, 5) is 18.5. The SMILES string of the molecule is CCOC(c1nc(N)cc(=O)[nH]1)C1CCCCC1. The van der Waals surface area contributed by atoms with Gasteiger partial charge in [0.2, 0.25) is 0 Å². The monoisotopic (exact) mass is 251 g/mol. The molecule has 3 N–H and O–H groups in total. The molecule has 18 heavy (non-hydrogen) atoms. The molecule has 1 aliphatic rings. The maximum Gasteiger partial charge on any atom is 0.253 e. The van der Waals surface area contributed by atoms with Crippen molar-refractivity contribution in [3.8, 4) is 0 Å². The first-order valence-electron chi connectivity index (χ1n) is 6.69. The number of ether oxygens (including phenoxy) is 1. The lowest BCUT2D eigenvalue weighted by Crippen LogP contribution is -2.24. The predicted octanol–water partition coefficient (Wildman–Crippen LogP) is 2.01. The number of nitrogens with two attached hydrogens (primary N) is 1. The van der Waals surface area contributed by atoms with Crippen molar-refractivity contribution in [2.75, 3.05) is 12.3 Å². The molecule has 0 amide bonds. The second kappa shape index (κ2) is 6.00. The third-order valence-electron chi connectivity index (χ3n) is 3.47.